The molecule has 21 heavy (non-hydrogen) atoms. The van der Waals surface area contributed by atoms with E-state index >= 15 is 0 Å². The highest BCUT2D eigenvalue weighted by molar-refractivity contribution is 7.15. The minimum atomic E-state index is 0.0571. The molecule has 0 aliphatic rings. The lowest BCUT2D eigenvalue weighted by Crippen LogP contribution is -2.16. The number of rotatable bonds is 6. The second kappa shape index (κ2) is 6.91. The van der Waals surface area contributed by atoms with Crippen LogP contribution in [0.15, 0.2) is 24.3 Å². The first-order valence-corrected chi connectivity index (χ1v) is 7.81. The molecule has 0 fully saturated rings. The van der Waals surface area contributed by atoms with Gasteiger partial charge in [0.15, 0.2) is 5.13 Å². The Morgan fingerprint density at radius 1 is 1.29 bits per heavy atom. The van der Waals surface area contributed by atoms with E-state index in [0.29, 0.717) is 5.92 Å². The van der Waals surface area contributed by atoms with Crippen molar-refractivity contribution in [3.63, 3.8) is 0 Å². The highest BCUT2D eigenvalue weighted by Gasteiger charge is 2.16. The van der Waals surface area contributed by atoms with Gasteiger partial charge in [0.25, 0.3) is 0 Å². The maximum Gasteiger partial charge on any atom is 0.185 e. The molecule has 4 nitrogen and oxygen atoms in total. The average molecular weight is 306 g/mol. The van der Waals surface area contributed by atoms with Gasteiger partial charge in [-0.25, -0.2) is 4.98 Å². The van der Waals surface area contributed by atoms with Crippen molar-refractivity contribution in [2.24, 2.45) is 0 Å². The van der Waals surface area contributed by atoms with Crippen molar-refractivity contribution in [3.8, 4) is 5.75 Å². The van der Waals surface area contributed by atoms with Gasteiger partial charge >= 0.3 is 0 Å². The summed E-state index contributed by atoms with van der Waals surface area (Å²) >= 11 is 1.56. The largest absolute Gasteiger partial charge is 0.497 e. The number of nitrogens with zero attached hydrogens (tertiary/aromatic N) is 2. The van der Waals surface area contributed by atoms with Crippen molar-refractivity contribution in [1.82, 2.24) is 4.98 Å². The van der Waals surface area contributed by atoms with Crippen molar-refractivity contribution >= 4 is 16.5 Å². The Morgan fingerprint density at radius 2 is 1.95 bits per heavy atom. The zero-order valence-corrected chi connectivity index (χ0v) is 13.8. The van der Waals surface area contributed by atoms with E-state index in [4.69, 9.17) is 4.74 Å². The van der Waals surface area contributed by atoms with E-state index < -0.39 is 0 Å². The SMILES string of the molecule is COc1ccc(CN(C)c2nc(C(C)C)c(CO)s2)cc1. The van der Waals surface area contributed by atoms with Crippen LogP contribution in [-0.4, -0.2) is 24.2 Å². The molecule has 0 radical (unpaired) electrons. The topological polar surface area (TPSA) is 45.6 Å². The Kier molecular flexibility index (Phi) is 5.20. The lowest BCUT2D eigenvalue weighted by atomic mass is 10.1. The summed E-state index contributed by atoms with van der Waals surface area (Å²) in [5.74, 6) is 1.19. The number of hydrogen-bond donors (Lipinski definition) is 1. The maximum atomic E-state index is 9.45. The number of methoxy groups -OCH3 is 1. The van der Waals surface area contributed by atoms with Gasteiger partial charge in [-0.15, -0.1) is 0 Å². The molecule has 0 atom stereocenters. The third kappa shape index (κ3) is 3.74. The first-order valence-electron chi connectivity index (χ1n) is 6.99. The van der Waals surface area contributed by atoms with Gasteiger partial charge < -0.3 is 14.7 Å². The van der Waals surface area contributed by atoms with E-state index in [0.717, 1.165) is 28.0 Å². The van der Waals surface area contributed by atoms with Crippen LogP contribution in [0.25, 0.3) is 0 Å². The second-order valence-electron chi connectivity index (χ2n) is 5.32. The zero-order valence-electron chi connectivity index (χ0n) is 13.0. The molecule has 0 amide bonds. The minimum Gasteiger partial charge on any atom is -0.497 e. The zero-order chi connectivity index (χ0) is 15.4. The van der Waals surface area contributed by atoms with Crippen LogP contribution in [-0.2, 0) is 13.2 Å². The van der Waals surface area contributed by atoms with Crippen molar-refractivity contribution in [2.75, 3.05) is 19.1 Å². The number of aliphatic hydroxyl groups excluding tert-OH is 1. The number of ether oxygens (including phenoxy) is 1. The molecule has 1 aromatic heterocycles. The Hall–Kier alpha value is -1.59. The molecule has 2 aromatic rings. The van der Waals surface area contributed by atoms with Crippen LogP contribution in [0, 0.1) is 0 Å². The summed E-state index contributed by atoms with van der Waals surface area (Å²) in [6.07, 6.45) is 0. The summed E-state index contributed by atoms with van der Waals surface area (Å²) in [5.41, 5.74) is 2.20. The summed E-state index contributed by atoms with van der Waals surface area (Å²) < 4.78 is 5.17. The van der Waals surface area contributed by atoms with Gasteiger partial charge in [0, 0.05) is 13.6 Å². The second-order valence-corrected chi connectivity index (χ2v) is 6.38. The average Bonchev–Trinajstić information content (AvgIpc) is 2.92. The number of anilines is 1. The highest BCUT2D eigenvalue weighted by atomic mass is 32.1. The molecule has 0 unspecified atom stereocenters. The normalized spacial score (nSPS) is 11.0. The van der Waals surface area contributed by atoms with Crippen LogP contribution in [0.1, 0.15) is 35.9 Å². The lowest BCUT2D eigenvalue weighted by Gasteiger charge is -2.16. The Morgan fingerprint density at radius 3 is 2.43 bits per heavy atom. The van der Waals surface area contributed by atoms with E-state index in [2.05, 4.69) is 35.9 Å². The van der Waals surface area contributed by atoms with Crippen LogP contribution in [0.2, 0.25) is 0 Å². The van der Waals surface area contributed by atoms with Crippen molar-refractivity contribution in [2.45, 2.75) is 32.9 Å². The maximum absolute atomic E-state index is 9.45. The van der Waals surface area contributed by atoms with Gasteiger partial charge in [0.2, 0.25) is 0 Å². The lowest BCUT2D eigenvalue weighted by molar-refractivity contribution is 0.283. The van der Waals surface area contributed by atoms with Crippen LogP contribution >= 0.6 is 11.3 Å². The first-order chi connectivity index (χ1) is 10.0. The predicted octanol–water partition coefficient (Wildman–Crippen LogP) is 3.40. The molecule has 1 heterocycles. The molecular weight excluding hydrogens is 284 g/mol. The third-order valence-corrected chi connectivity index (χ3v) is 4.48. The Labute approximate surface area is 130 Å². The standard InChI is InChI=1S/C16H22N2O2S/c1-11(2)15-14(10-19)21-16(17-15)18(3)9-12-5-7-13(20-4)8-6-12/h5-8,11,19H,9-10H2,1-4H3. The highest BCUT2D eigenvalue weighted by Crippen LogP contribution is 2.31. The third-order valence-electron chi connectivity index (χ3n) is 3.31. The molecule has 0 saturated carbocycles. The van der Waals surface area contributed by atoms with Crippen molar-refractivity contribution < 1.29 is 9.84 Å². The van der Waals surface area contributed by atoms with Gasteiger partial charge in [-0.05, 0) is 23.6 Å². The molecule has 114 valence electrons. The summed E-state index contributed by atoms with van der Waals surface area (Å²) in [6, 6.07) is 8.03. The monoisotopic (exact) mass is 306 g/mol. The van der Waals surface area contributed by atoms with Gasteiger partial charge in [-0.3, -0.25) is 0 Å². The van der Waals surface area contributed by atoms with E-state index in [1.54, 1.807) is 18.4 Å². The number of benzene rings is 1. The van der Waals surface area contributed by atoms with E-state index in [-0.39, 0.29) is 6.61 Å². The molecular formula is C16H22N2O2S. The van der Waals surface area contributed by atoms with Crippen molar-refractivity contribution in [3.05, 3.63) is 40.4 Å². The Bertz CT molecular complexity index is 578. The molecule has 5 heteroatoms. The molecule has 0 aliphatic carbocycles. The number of aliphatic hydroxyl groups is 1. The van der Waals surface area contributed by atoms with E-state index in [1.807, 2.05) is 19.2 Å². The number of thiazole rings is 1. The van der Waals surface area contributed by atoms with E-state index in [1.165, 1.54) is 5.56 Å². The first kappa shape index (κ1) is 15.8. The van der Waals surface area contributed by atoms with E-state index in [9.17, 15) is 5.11 Å². The van der Waals surface area contributed by atoms with Crippen LogP contribution in [0.5, 0.6) is 5.75 Å². The fourth-order valence-electron chi connectivity index (χ4n) is 2.15. The van der Waals surface area contributed by atoms with Gasteiger partial charge in [0.1, 0.15) is 5.75 Å². The number of aromatic nitrogens is 1. The van der Waals surface area contributed by atoms with Gasteiger partial charge in [-0.2, -0.15) is 0 Å². The molecule has 0 bridgehead atoms. The summed E-state index contributed by atoms with van der Waals surface area (Å²) in [4.78, 5) is 7.74. The van der Waals surface area contributed by atoms with Gasteiger partial charge in [0.05, 0.1) is 24.3 Å². The Balaban J connectivity index is 2.13. The fourth-order valence-corrected chi connectivity index (χ4v) is 3.19. The predicted molar refractivity (Wildman–Crippen MR) is 87.2 cm³/mol. The molecule has 0 spiro atoms. The molecule has 2 rings (SSSR count). The summed E-state index contributed by atoms with van der Waals surface area (Å²) in [6.45, 7) is 5.03. The quantitative estimate of drug-likeness (QED) is 0.888. The summed E-state index contributed by atoms with van der Waals surface area (Å²) in [5, 5.41) is 10.4. The van der Waals surface area contributed by atoms with Crippen LogP contribution in [0.3, 0.4) is 0 Å². The summed E-state index contributed by atoms with van der Waals surface area (Å²) in [7, 11) is 3.69. The molecule has 1 N–H and O–H groups in total. The molecule has 0 saturated heterocycles. The molecule has 1 aromatic carbocycles. The smallest absolute Gasteiger partial charge is 0.185 e. The molecule has 0 aliphatic heterocycles. The minimum absolute atomic E-state index is 0.0571. The van der Waals surface area contributed by atoms with Crippen molar-refractivity contribution in [1.29, 1.82) is 0 Å². The van der Waals surface area contributed by atoms with Crippen LogP contribution < -0.4 is 9.64 Å². The fraction of sp³-hybridized carbons (Fsp3) is 0.438. The van der Waals surface area contributed by atoms with Crippen LogP contribution in [0.4, 0.5) is 5.13 Å². The van der Waals surface area contributed by atoms with Gasteiger partial charge in [-0.1, -0.05) is 37.3 Å². The number of hydrogen-bond acceptors (Lipinski definition) is 5.